The van der Waals surface area contributed by atoms with Gasteiger partial charge in [-0.05, 0) is 49.2 Å². The number of aromatic nitrogens is 3. The van der Waals surface area contributed by atoms with Crippen molar-refractivity contribution in [2.75, 3.05) is 36.5 Å². The Hall–Kier alpha value is -3.04. The molecule has 3 heterocycles. The molecule has 6 rings (SSSR count). The molecule has 2 saturated heterocycles. The topological polar surface area (TPSA) is 58.5 Å². The van der Waals surface area contributed by atoms with E-state index in [0.717, 1.165) is 49.2 Å². The summed E-state index contributed by atoms with van der Waals surface area (Å²) in [7, 11) is 0. The van der Waals surface area contributed by atoms with Gasteiger partial charge in [0.1, 0.15) is 18.0 Å². The lowest BCUT2D eigenvalue weighted by Gasteiger charge is -2.48. The summed E-state index contributed by atoms with van der Waals surface area (Å²) < 4.78 is 34.1. The van der Waals surface area contributed by atoms with Crippen LogP contribution in [0.2, 0.25) is 0 Å². The van der Waals surface area contributed by atoms with Crippen LogP contribution in [0.15, 0.2) is 42.7 Å². The zero-order chi connectivity index (χ0) is 21.8. The molecule has 0 bridgehead atoms. The van der Waals surface area contributed by atoms with Gasteiger partial charge in [-0.2, -0.15) is 4.98 Å². The molecule has 1 aliphatic carbocycles. The third-order valence-corrected chi connectivity index (χ3v) is 6.43. The standard InChI is InChI=1S/C23H24F2N6O.H2/c1-14-4-17(27-23-26-13-31(28-23)19-7-15(24)6-16(25)8-19)9-18(5-14)29-11-20(12-29)30-2-3-32-22-10-21(22)30;/h4-9,13,20-22H,2-3,10-12H2,1H3,(H,27,28);1H. The van der Waals surface area contributed by atoms with E-state index in [4.69, 9.17) is 4.74 Å². The zero-order valence-corrected chi connectivity index (χ0v) is 17.7. The van der Waals surface area contributed by atoms with Gasteiger partial charge in [-0.25, -0.2) is 13.5 Å². The predicted octanol–water partition coefficient (Wildman–Crippen LogP) is 3.51. The van der Waals surface area contributed by atoms with Crippen molar-refractivity contribution < 1.29 is 14.9 Å². The second kappa shape index (κ2) is 7.53. The Morgan fingerprint density at radius 2 is 1.88 bits per heavy atom. The van der Waals surface area contributed by atoms with Crippen LogP contribution in [0.25, 0.3) is 5.69 Å². The first-order chi connectivity index (χ1) is 15.5. The molecule has 2 aromatic carbocycles. The summed E-state index contributed by atoms with van der Waals surface area (Å²) in [5, 5.41) is 7.52. The number of nitrogens with one attached hydrogen (secondary N) is 1. The number of hydrogen-bond acceptors (Lipinski definition) is 6. The second-order valence-corrected chi connectivity index (χ2v) is 8.83. The van der Waals surface area contributed by atoms with Crippen LogP contribution >= 0.6 is 0 Å². The van der Waals surface area contributed by atoms with Crippen molar-refractivity contribution >= 4 is 17.3 Å². The van der Waals surface area contributed by atoms with Gasteiger partial charge in [0.15, 0.2) is 0 Å². The van der Waals surface area contributed by atoms with Crippen LogP contribution in [0.5, 0.6) is 0 Å². The minimum Gasteiger partial charge on any atom is -0.375 e. The first-order valence-electron chi connectivity index (χ1n) is 10.9. The fourth-order valence-electron chi connectivity index (χ4n) is 4.76. The summed E-state index contributed by atoms with van der Waals surface area (Å²) in [6.07, 6.45) is 3.07. The molecular formula is C23H26F2N6O. The summed E-state index contributed by atoms with van der Waals surface area (Å²) in [6.45, 7) is 5.97. The molecule has 32 heavy (non-hydrogen) atoms. The zero-order valence-electron chi connectivity index (χ0n) is 17.7. The van der Waals surface area contributed by atoms with Crippen molar-refractivity contribution in [2.24, 2.45) is 0 Å². The minimum atomic E-state index is -0.657. The molecule has 1 saturated carbocycles. The van der Waals surface area contributed by atoms with Crippen molar-refractivity contribution in [3.8, 4) is 5.69 Å². The Bertz CT molecular complexity index is 1150. The number of ether oxygens (including phenoxy) is 1. The molecule has 7 nitrogen and oxygen atoms in total. The van der Waals surface area contributed by atoms with E-state index in [1.54, 1.807) is 0 Å². The van der Waals surface area contributed by atoms with E-state index in [2.05, 4.69) is 44.3 Å². The fourth-order valence-corrected chi connectivity index (χ4v) is 4.76. The third kappa shape index (κ3) is 3.71. The van der Waals surface area contributed by atoms with Crippen LogP contribution in [-0.2, 0) is 4.74 Å². The summed E-state index contributed by atoms with van der Waals surface area (Å²) in [4.78, 5) is 9.24. The van der Waals surface area contributed by atoms with Gasteiger partial charge in [0, 0.05) is 50.6 Å². The Morgan fingerprint density at radius 3 is 2.69 bits per heavy atom. The number of fused-ring (bicyclic) bond motifs is 1. The first kappa shape index (κ1) is 19.6. The van der Waals surface area contributed by atoms with Crippen LogP contribution < -0.4 is 10.2 Å². The van der Waals surface area contributed by atoms with Gasteiger partial charge in [0.2, 0.25) is 5.95 Å². The quantitative estimate of drug-likeness (QED) is 0.655. The van der Waals surface area contributed by atoms with Crippen molar-refractivity contribution in [2.45, 2.75) is 31.5 Å². The van der Waals surface area contributed by atoms with E-state index in [1.807, 2.05) is 6.07 Å². The van der Waals surface area contributed by atoms with E-state index in [0.29, 0.717) is 24.1 Å². The molecule has 0 radical (unpaired) electrons. The van der Waals surface area contributed by atoms with Crippen molar-refractivity contribution in [3.05, 3.63) is 59.9 Å². The minimum absolute atomic E-state index is 0. The van der Waals surface area contributed by atoms with Gasteiger partial charge in [0.25, 0.3) is 0 Å². The lowest BCUT2D eigenvalue weighted by atomic mass is 10.0. The van der Waals surface area contributed by atoms with Gasteiger partial charge in [-0.3, -0.25) is 4.90 Å². The molecule has 0 spiro atoms. The summed E-state index contributed by atoms with van der Waals surface area (Å²) in [5.41, 5.74) is 3.45. The van der Waals surface area contributed by atoms with Crippen LogP contribution in [0.3, 0.4) is 0 Å². The summed E-state index contributed by atoms with van der Waals surface area (Å²) in [5.74, 6) is -0.952. The maximum atomic E-state index is 13.5. The highest BCUT2D eigenvalue weighted by Crippen LogP contribution is 2.38. The Balaban J connectivity index is 0.00000228. The largest absolute Gasteiger partial charge is 0.375 e. The molecule has 2 aliphatic heterocycles. The summed E-state index contributed by atoms with van der Waals surface area (Å²) in [6, 6.07) is 10.8. The van der Waals surface area contributed by atoms with E-state index in [1.165, 1.54) is 29.6 Å². The number of morpholine rings is 1. The lowest BCUT2D eigenvalue weighted by molar-refractivity contribution is 0.00588. The number of halogens is 2. The average molecular weight is 440 g/mol. The van der Waals surface area contributed by atoms with Gasteiger partial charge in [0.05, 0.1) is 18.4 Å². The Morgan fingerprint density at radius 1 is 1.06 bits per heavy atom. The number of rotatable bonds is 5. The number of benzene rings is 2. The maximum Gasteiger partial charge on any atom is 0.246 e. The highest BCUT2D eigenvalue weighted by molar-refractivity contribution is 5.65. The van der Waals surface area contributed by atoms with Gasteiger partial charge < -0.3 is 15.0 Å². The number of nitrogens with zero attached hydrogens (tertiary/aromatic N) is 5. The van der Waals surface area contributed by atoms with Crippen molar-refractivity contribution in [1.29, 1.82) is 0 Å². The molecule has 9 heteroatoms. The van der Waals surface area contributed by atoms with E-state index in [9.17, 15) is 8.78 Å². The van der Waals surface area contributed by atoms with Crippen molar-refractivity contribution in [1.82, 2.24) is 19.7 Å². The second-order valence-electron chi connectivity index (χ2n) is 8.83. The molecule has 168 valence electrons. The normalized spacial score (nSPS) is 23.0. The first-order valence-corrected chi connectivity index (χ1v) is 10.9. The van der Waals surface area contributed by atoms with E-state index in [-0.39, 0.29) is 7.11 Å². The monoisotopic (exact) mass is 440 g/mol. The average Bonchev–Trinajstić information content (AvgIpc) is 3.36. The van der Waals surface area contributed by atoms with Gasteiger partial charge >= 0.3 is 0 Å². The lowest BCUT2D eigenvalue weighted by Crippen LogP contribution is -2.62. The summed E-state index contributed by atoms with van der Waals surface area (Å²) >= 11 is 0. The molecule has 3 fully saturated rings. The molecule has 2 unspecified atom stereocenters. The highest BCUT2D eigenvalue weighted by atomic mass is 19.1. The smallest absolute Gasteiger partial charge is 0.246 e. The molecular weight excluding hydrogens is 414 g/mol. The molecule has 0 amide bonds. The molecule has 3 aliphatic rings. The third-order valence-electron chi connectivity index (χ3n) is 6.43. The van der Waals surface area contributed by atoms with Crippen LogP contribution in [-0.4, -0.2) is 64.1 Å². The van der Waals surface area contributed by atoms with Gasteiger partial charge in [-0.1, -0.05) is 0 Å². The Labute approximate surface area is 186 Å². The molecule has 1 aromatic heterocycles. The molecule has 1 N–H and O–H groups in total. The number of anilines is 3. The van der Waals surface area contributed by atoms with E-state index < -0.39 is 11.6 Å². The number of aryl methyl sites for hydroxylation is 1. The number of hydrogen-bond donors (Lipinski definition) is 1. The van der Waals surface area contributed by atoms with E-state index >= 15 is 0 Å². The molecule has 3 aromatic rings. The van der Waals surface area contributed by atoms with Gasteiger partial charge in [-0.15, -0.1) is 5.10 Å². The SMILES string of the molecule is Cc1cc(Nc2ncn(-c3cc(F)cc(F)c3)n2)cc(N2CC(N3CCOC4CC43)C2)c1.[HH]. The predicted molar refractivity (Wildman–Crippen MR) is 119 cm³/mol. The van der Waals surface area contributed by atoms with Crippen molar-refractivity contribution in [3.63, 3.8) is 0 Å². The van der Waals surface area contributed by atoms with Crippen LogP contribution in [0.4, 0.5) is 26.1 Å². The highest BCUT2D eigenvalue weighted by Gasteiger charge is 2.50. The fraction of sp³-hybridized carbons (Fsp3) is 0.391. The maximum absolute atomic E-state index is 13.5. The van der Waals surface area contributed by atoms with Crippen LogP contribution in [0, 0.1) is 18.6 Å². The Kier molecular flexibility index (Phi) is 4.62. The van der Waals surface area contributed by atoms with Crippen LogP contribution in [0.1, 0.15) is 13.4 Å². The molecule has 2 atom stereocenters.